The number of hydrogen-bond acceptors (Lipinski definition) is 3. The maximum absolute atomic E-state index is 11.7. The summed E-state index contributed by atoms with van der Waals surface area (Å²) in [5.74, 6) is 7.93. The Morgan fingerprint density at radius 3 is 2.04 bits per heavy atom. The van der Waals surface area contributed by atoms with Crippen LogP contribution in [0.25, 0.3) is 49.5 Å². The van der Waals surface area contributed by atoms with E-state index in [2.05, 4.69) is 134 Å². The van der Waals surface area contributed by atoms with Crippen molar-refractivity contribution >= 4 is 56.0 Å². The first-order chi connectivity index (χ1) is 24.7. The fraction of sp³-hybridized carbons (Fsp3) is 0.362. The van der Waals surface area contributed by atoms with Crippen LogP contribution < -0.4 is 4.40 Å². The van der Waals surface area contributed by atoms with Crippen molar-refractivity contribution in [1.82, 2.24) is 9.55 Å². The molecule has 2 aromatic heterocycles. The number of allylic oxidation sites excluding steroid dienone is 2. The van der Waals surface area contributed by atoms with Crippen molar-refractivity contribution in [3.63, 3.8) is 0 Å². The molecule has 6 heteroatoms. The molecule has 6 rings (SSSR count). The number of benzene rings is 4. The van der Waals surface area contributed by atoms with Crippen LogP contribution in [0.5, 0.6) is 0 Å². The predicted molar refractivity (Wildman–Crippen MR) is 226 cm³/mol. The number of carbonyl (C=O) groups excluding carboxylic acids is 1. The first-order valence-electron chi connectivity index (χ1n) is 19.1. The molecule has 0 spiro atoms. The summed E-state index contributed by atoms with van der Waals surface area (Å²) in [6.45, 7) is 14.9. The van der Waals surface area contributed by atoms with E-state index in [1.54, 1.807) is 0 Å². The van der Waals surface area contributed by atoms with Crippen molar-refractivity contribution in [2.24, 2.45) is 11.8 Å². The van der Waals surface area contributed by atoms with Crippen LogP contribution in [-0.2, 0) is 30.3 Å². The number of hydrogen-bond donors (Lipinski definition) is 1. The van der Waals surface area contributed by atoms with Crippen molar-refractivity contribution in [2.75, 3.05) is 0 Å². The van der Waals surface area contributed by atoms with Crippen molar-refractivity contribution < 1.29 is 30.0 Å². The quantitative estimate of drug-likeness (QED) is 0.0644. The molecule has 0 saturated heterocycles. The molecule has 281 valence electrons. The summed E-state index contributed by atoms with van der Waals surface area (Å²) in [7, 11) is 0. The van der Waals surface area contributed by atoms with Crippen LogP contribution in [0.2, 0.25) is 17.3 Å². The standard InChI is InChI=1S/C34H33GeN2.C13H24O2.Ir/c1-34(2,3)30-21-24(20-23-12-10-11-15-27(23)30)32-33-29(18-19-36-32)28-17-16-25(35(4,5)6)22-31(28)37(33)26-13-8-7-9-14-26;1-5-10(6-2)12(14)9-13(15)11(7-3)8-4;/h7-19,21-22H,1-6H3;9-11,14H,5-8H2,1-4H3;/q-1;;/b;12-9-;. The molecular formula is C47H57GeIrN2O2-. The number of carbonyl (C=O) groups is 1. The van der Waals surface area contributed by atoms with Gasteiger partial charge in [0.15, 0.2) is 5.78 Å². The van der Waals surface area contributed by atoms with Crippen LogP contribution in [0, 0.1) is 17.9 Å². The maximum Gasteiger partial charge on any atom is 0.162 e. The van der Waals surface area contributed by atoms with E-state index >= 15 is 0 Å². The van der Waals surface area contributed by atoms with Gasteiger partial charge >= 0.3 is 223 Å². The number of pyridine rings is 1. The predicted octanol–water partition coefficient (Wildman–Crippen LogP) is 12.5. The minimum atomic E-state index is -2.04. The monoisotopic (exact) mass is 948 g/mol. The molecule has 0 aliphatic rings. The molecule has 0 amide bonds. The number of aliphatic hydroxyl groups is 1. The molecule has 0 saturated carbocycles. The second kappa shape index (κ2) is 17.8. The molecule has 0 aliphatic heterocycles. The average Bonchev–Trinajstić information content (AvgIpc) is 3.46. The zero-order valence-corrected chi connectivity index (χ0v) is 37.8. The van der Waals surface area contributed by atoms with E-state index in [9.17, 15) is 9.90 Å². The van der Waals surface area contributed by atoms with Crippen LogP contribution >= 0.6 is 0 Å². The number of fused-ring (bicyclic) bond motifs is 4. The van der Waals surface area contributed by atoms with Crippen LogP contribution in [0.1, 0.15) is 79.7 Å². The Balaban J connectivity index is 0.000000335. The van der Waals surface area contributed by atoms with Gasteiger partial charge in [0.2, 0.25) is 0 Å². The zero-order valence-electron chi connectivity index (χ0n) is 33.3. The van der Waals surface area contributed by atoms with Gasteiger partial charge in [-0.05, 0) is 25.7 Å². The van der Waals surface area contributed by atoms with E-state index in [0.29, 0.717) is 0 Å². The van der Waals surface area contributed by atoms with Gasteiger partial charge in [0.25, 0.3) is 0 Å². The van der Waals surface area contributed by atoms with Gasteiger partial charge in [0.05, 0.1) is 5.76 Å². The molecule has 4 aromatic carbocycles. The fourth-order valence-corrected chi connectivity index (χ4v) is 9.65. The third-order valence-electron chi connectivity index (χ3n) is 10.5. The van der Waals surface area contributed by atoms with Gasteiger partial charge in [0.1, 0.15) is 0 Å². The first kappa shape index (κ1) is 42.2. The minimum absolute atomic E-state index is 0. The maximum atomic E-state index is 11.7. The summed E-state index contributed by atoms with van der Waals surface area (Å²) in [5, 5.41) is 14.7. The smallest absolute Gasteiger partial charge is 0.162 e. The van der Waals surface area contributed by atoms with Crippen molar-refractivity contribution in [3.05, 3.63) is 115 Å². The Morgan fingerprint density at radius 1 is 0.811 bits per heavy atom. The summed E-state index contributed by atoms with van der Waals surface area (Å²) >= 11 is -2.04. The molecule has 0 aliphatic carbocycles. The number of rotatable bonds is 10. The zero-order chi connectivity index (χ0) is 37.8. The molecule has 0 bridgehead atoms. The molecule has 2 heterocycles. The molecule has 0 fully saturated rings. The average molecular weight is 947 g/mol. The van der Waals surface area contributed by atoms with E-state index in [-0.39, 0.29) is 48.9 Å². The Morgan fingerprint density at radius 2 is 1.43 bits per heavy atom. The van der Waals surface area contributed by atoms with Gasteiger partial charge in [-0.1, -0.05) is 27.7 Å². The van der Waals surface area contributed by atoms with E-state index in [1.807, 2.05) is 33.9 Å². The second-order valence-electron chi connectivity index (χ2n) is 16.1. The third kappa shape index (κ3) is 9.24. The molecule has 4 nitrogen and oxygen atoms in total. The Hall–Kier alpha value is -3.51. The summed E-state index contributed by atoms with van der Waals surface area (Å²) in [6.07, 6.45) is 6.87. The van der Waals surface area contributed by atoms with Crippen LogP contribution in [0.4, 0.5) is 0 Å². The summed E-state index contributed by atoms with van der Waals surface area (Å²) in [4.78, 5) is 16.7. The van der Waals surface area contributed by atoms with Crippen molar-refractivity contribution in [1.29, 1.82) is 0 Å². The molecular weight excluding hydrogens is 889 g/mol. The van der Waals surface area contributed by atoms with Gasteiger partial charge < -0.3 is 5.11 Å². The largest absolute Gasteiger partial charge is 0.512 e. The van der Waals surface area contributed by atoms with Gasteiger partial charge in [-0.2, -0.15) is 0 Å². The summed E-state index contributed by atoms with van der Waals surface area (Å²) in [5.41, 5.74) is 6.90. The van der Waals surface area contributed by atoms with Gasteiger partial charge in [-0.15, -0.1) is 0 Å². The summed E-state index contributed by atoms with van der Waals surface area (Å²) < 4.78 is 3.93. The minimum Gasteiger partial charge on any atom is -0.512 e. The number of para-hydroxylation sites is 1. The summed E-state index contributed by atoms with van der Waals surface area (Å²) in [6, 6.07) is 34.7. The van der Waals surface area contributed by atoms with Crippen LogP contribution in [-0.4, -0.2) is 33.7 Å². The number of aliphatic hydroxyl groups excluding tert-OH is 1. The van der Waals surface area contributed by atoms with Gasteiger partial charge in [-0.3, -0.25) is 4.79 Å². The number of ketones is 1. The molecule has 1 radical (unpaired) electrons. The third-order valence-corrected chi connectivity index (χ3v) is 14.8. The molecule has 6 aromatic rings. The van der Waals surface area contributed by atoms with E-state index < -0.39 is 13.3 Å². The van der Waals surface area contributed by atoms with E-state index in [1.165, 1.54) is 37.7 Å². The molecule has 0 atom stereocenters. The second-order valence-corrected chi connectivity index (χ2v) is 26.8. The SMILES string of the molecule is CC(C)(C)c1cc(-c2nccc3c4cc[c]([Ge]([CH3])([CH3])[CH3])cc4n(-c4ccccc4)c23)[c-]c2ccccc12.CCC(CC)C(=O)/C=C(\O)C(CC)CC.[Ir]. The van der Waals surface area contributed by atoms with Crippen LogP contribution in [0.15, 0.2) is 103 Å². The normalized spacial score (nSPS) is 12.3. The van der Waals surface area contributed by atoms with E-state index in [4.69, 9.17) is 4.98 Å². The topological polar surface area (TPSA) is 55.1 Å². The number of nitrogens with zero attached hydrogens (tertiary/aromatic N) is 2. The Kier molecular flexibility index (Phi) is 14.1. The molecule has 0 unspecified atom stereocenters. The van der Waals surface area contributed by atoms with Crippen molar-refractivity contribution in [2.45, 2.75) is 96.8 Å². The first-order valence-corrected chi connectivity index (χ1v) is 26.5. The molecule has 1 N–H and O–H groups in total. The van der Waals surface area contributed by atoms with Crippen LogP contribution in [0.3, 0.4) is 0 Å². The van der Waals surface area contributed by atoms with Gasteiger partial charge in [-0.25, -0.2) is 0 Å². The van der Waals surface area contributed by atoms with Crippen molar-refractivity contribution in [3.8, 4) is 16.9 Å². The van der Waals surface area contributed by atoms with Gasteiger partial charge in [0, 0.05) is 38.0 Å². The molecule has 53 heavy (non-hydrogen) atoms. The fourth-order valence-electron chi connectivity index (χ4n) is 7.23. The number of aromatic nitrogens is 2. The van der Waals surface area contributed by atoms with E-state index in [0.717, 1.165) is 53.5 Å². The Labute approximate surface area is 333 Å². The Bertz CT molecular complexity index is 2200.